The topological polar surface area (TPSA) is 12.9 Å². The fraction of sp³-hybridized carbons (Fsp3) is 0.207. The largest absolute Gasteiger partial charge is 0.256 e. The normalized spacial score (nSPS) is 13.1. The molecule has 4 bridgehead atoms. The molecule has 0 saturated heterocycles. The van der Waals surface area contributed by atoms with Crippen LogP contribution < -0.4 is 0 Å². The molecule has 0 amide bonds. The van der Waals surface area contributed by atoms with Gasteiger partial charge in [-0.3, -0.25) is 4.98 Å². The molecule has 0 spiro atoms. The van der Waals surface area contributed by atoms with E-state index in [2.05, 4.69) is 91.6 Å². The molecular formula is C29H27N. The third-order valence-corrected chi connectivity index (χ3v) is 6.67. The molecule has 3 aromatic carbocycles. The maximum absolute atomic E-state index is 4.63. The Labute approximate surface area is 179 Å². The van der Waals surface area contributed by atoms with Gasteiger partial charge in [0.05, 0.1) is 5.69 Å². The summed E-state index contributed by atoms with van der Waals surface area (Å²) in [4.78, 5) is 4.63. The number of aryl methyl sites for hydroxylation is 4. The molecule has 4 aromatic rings. The van der Waals surface area contributed by atoms with Gasteiger partial charge in [-0.1, -0.05) is 60.7 Å². The lowest BCUT2D eigenvalue weighted by Crippen LogP contribution is -2.04. The van der Waals surface area contributed by atoms with Crippen LogP contribution in [0.1, 0.15) is 33.4 Å². The number of nitrogens with zero attached hydrogens (tertiary/aromatic N) is 1. The lowest BCUT2D eigenvalue weighted by molar-refractivity contribution is 0.903. The number of pyridine rings is 1. The Balaban J connectivity index is 1.58. The first-order valence-electron chi connectivity index (χ1n) is 10.9. The van der Waals surface area contributed by atoms with Crippen molar-refractivity contribution in [3.05, 3.63) is 112 Å². The first kappa shape index (κ1) is 18.8. The summed E-state index contributed by atoms with van der Waals surface area (Å²) in [6.45, 7) is 4.58. The second kappa shape index (κ2) is 7.91. The van der Waals surface area contributed by atoms with Gasteiger partial charge in [0.2, 0.25) is 0 Å². The predicted molar refractivity (Wildman–Crippen MR) is 126 cm³/mol. The zero-order chi connectivity index (χ0) is 20.5. The van der Waals surface area contributed by atoms with E-state index in [1.54, 1.807) is 0 Å². The maximum atomic E-state index is 4.63. The van der Waals surface area contributed by atoms with E-state index in [4.69, 9.17) is 0 Å². The number of rotatable bonds is 2. The van der Waals surface area contributed by atoms with Gasteiger partial charge in [-0.05, 0) is 96.2 Å². The van der Waals surface area contributed by atoms with Crippen LogP contribution in [0.15, 0.2) is 79.0 Å². The molecule has 0 fully saturated rings. The van der Waals surface area contributed by atoms with Crippen molar-refractivity contribution in [3.63, 3.8) is 0 Å². The molecule has 30 heavy (non-hydrogen) atoms. The van der Waals surface area contributed by atoms with Gasteiger partial charge in [-0.25, -0.2) is 0 Å². The standard InChI is InChI=1S/C29H27N/c1-20-21(2)24-13-12-23(20)10-8-22-9-11-25(15-14-24)28(18-22)27-16-17-30-29(19-27)26-6-4-3-5-7-26/h3-7,9,11-13,16-19H,8,10,14-15H2,1-2H3. The van der Waals surface area contributed by atoms with Gasteiger partial charge in [0.25, 0.3) is 0 Å². The Hall–Kier alpha value is -3.19. The molecule has 0 atom stereocenters. The summed E-state index contributed by atoms with van der Waals surface area (Å²) < 4.78 is 0. The van der Waals surface area contributed by atoms with E-state index in [0.29, 0.717) is 0 Å². The van der Waals surface area contributed by atoms with E-state index in [1.807, 2.05) is 6.20 Å². The van der Waals surface area contributed by atoms with Crippen molar-refractivity contribution in [1.82, 2.24) is 4.98 Å². The minimum Gasteiger partial charge on any atom is -0.256 e. The SMILES string of the molecule is Cc1c2ccc(c1C)CCc1ccc(cc1-c1ccnc(-c3ccccc3)c1)CC2. The second-order valence-corrected chi connectivity index (χ2v) is 8.42. The van der Waals surface area contributed by atoms with E-state index < -0.39 is 0 Å². The zero-order valence-electron chi connectivity index (χ0n) is 17.8. The van der Waals surface area contributed by atoms with Crippen LogP contribution >= 0.6 is 0 Å². The van der Waals surface area contributed by atoms with Crippen LogP contribution in [0, 0.1) is 13.8 Å². The summed E-state index contributed by atoms with van der Waals surface area (Å²) in [7, 11) is 0. The molecule has 0 N–H and O–H groups in total. The number of benzene rings is 3. The molecule has 148 valence electrons. The zero-order valence-corrected chi connectivity index (χ0v) is 17.8. The second-order valence-electron chi connectivity index (χ2n) is 8.42. The smallest absolute Gasteiger partial charge is 0.0708 e. The van der Waals surface area contributed by atoms with Gasteiger partial charge in [0.1, 0.15) is 0 Å². The molecule has 4 aliphatic carbocycles. The van der Waals surface area contributed by atoms with Crippen LogP contribution in [-0.2, 0) is 25.7 Å². The van der Waals surface area contributed by atoms with Crippen molar-refractivity contribution in [2.24, 2.45) is 0 Å². The van der Waals surface area contributed by atoms with Crippen molar-refractivity contribution in [2.45, 2.75) is 39.5 Å². The van der Waals surface area contributed by atoms with Gasteiger partial charge < -0.3 is 0 Å². The van der Waals surface area contributed by atoms with Crippen molar-refractivity contribution in [3.8, 4) is 22.4 Å². The van der Waals surface area contributed by atoms with E-state index in [1.165, 1.54) is 44.5 Å². The highest BCUT2D eigenvalue weighted by atomic mass is 14.7. The highest BCUT2D eigenvalue weighted by Gasteiger charge is 2.13. The van der Waals surface area contributed by atoms with Crippen molar-refractivity contribution < 1.29 is 0 Å². The van der Waals surface area contributed by atoms with Crippen molar-refractivity contribution in [2.75, 3.05) is 0 Å². The first-order chi connectivity index (χ1) is 14.7. The molecule has 4 aliphatic rings. The summed E-state index contributed by atoms with van der Waals surface area (Å²) in [5.41, 5.74) is 13.6. The van der Waals surface area contributed by atoms with Gasteiger partial charge in [-0.15, -0.1) is 0 Å². The first-order valence-corrected chi connectivity index (χ1v) is 10.9. The molecule has 0 aliphatic heterocycles. The van der Waals surface area contributed by atoms with Gasteiger partial charge in [0.15, 0.2) is 0 Å². The van der Waals surface area contributed by atoms with E-state index in [0.717, 1.165) is 36.9 Å². The molecule has 1 aromatic heterocycles. The quantitative estimate of drug-likeness (QED) is 0.363. The Morgan fingerprint density at radius 3 is 2.03 bits per heavy atom. The van der Waals surface area contributed by atoms with Crippen molar-refractivity contribution in [1.29, 1.82) is 0 Å². The van der Waals surface area contributed by atoms with Crippen LogP contribution in [-0.4, -0.2) is 4.98 Å². The number of hydrogen-bond acceptors (Lipinski definition) is 1. The van der Waals surface area contributed by atoms with Crippen LogP contribution in [0.3, 0.4) is 0 Å². The third kappa shape index (κ3) is 3.57. The van der Waals surface area contributed by atoms with Gasteiger partial charge in [0, 0.05) is 11.8 Å². The van der Waals surface area contributed by atoms with Crippen LogP contribution in [0.5, 0.6) is 0 Å². The molecule has 1 heterocycles. The van der Waals surface area contributed by atoms with Crippen LogP contribution in [0.2, 0.25) is 0 Å². The Morgan fingerprint density at radius 2 is 1.27 bits per heavy atom. The highest BCUT2D eigenvalue weighted by Crippen LogP contribution is 2.31. The van der Waals surface area contributed by atoms with Crippen molar-refractivity contribution >= 4 is 0 Å². The third-order valence-electron chi connectivity index (χ3n) is 6.67. The molecular weight excluding hydrogens is 362 g/mol. The molecule has 1 nitrogen and oxygen atoms in total. The lowest BCUT2D eigenvalue weighted by Gasteiger charge is -2.18. The summed E-state index contributed by atoms with van der Waals surface area (Å²) >= 11 is 0. The van der Waals surface area contributed by atoms with Crippen LogP contribution in [0.4, 0.5) is 0 Å². The van der Waals surface area contributed by atoms with E-state index in [9.17, 15) is 0 Å². The number of hydrogen-bond donors (Lipinski definition) is 0. The molecule has 0 radical (unpaired) electrons. The summed E-state index contributed by atoms with van der Waals surface area (Å²) in [5.74, 6) is 0. The monoisotopic (exact) mass is 389 g/mol. The summed E-state index contributed by atoms with van der Waals surface area (Å²) in [6.07, 6.45) is 6.25. The van der Waals surface area contributed by atoms with Crippen LogP contribution in [0.25, 0.3) is 22.4 Å². The fourth-order valence-corrected chi connectivity index (χ4v) is 4.65. The van der Waals surface area contributed by atoms with Gasteiger partial charge in [-0.2, -0.15) is 0 Å². The lowest BCUT2D eigenvalue weighted by atomic mass is 9.87. The summed E-state index contributed by atoms with van der Waals surface area (Å²) in [6, 6.07) is 26.6. The average Bonchev–Trinajstić information content (AvgIpc) is 2.79. The fourth-order valence-electron chi connectivity index (χ4n) is 4.65. The molecule has 0 unspecified atom stereocenters. The van der Waals surface area contributed by atoms with E-state index >= 15 is 0 Å². The Kier molecular flexibility index (Phi) is 4.96. The highest BCUT2D eigenvalue weighted by molar-refractivity contribution is 5.73. The molecule has 0 saturated carbocycles. The number of aromatic nitrogens is 1. The minimum absolute atomic E-state index is 1.03. The molecule has 8 rings (SSSR count). The van der Waals surface area contributed by atoms with Gasteiger partial charge >= 0.3 is 0 Å². The van der Waals surface area contributed by atoms with E-state index in [-0.39, 0.29) is 0 Å². The Bertz CT molecular complexity index is 1200. The average molecular weight is 390 g/mol. The maximum Gasteiger partial charge on any atom is 0.0708 e. The Morgan fingerprint density at radius 1 is 0.600 bits per heavy atom. The molecule has 1 heteroatoms. The summed E-state index contributed by atoms with van der Waals surface area (Å²) in [5, 5.41) is 0. The predicted octanol–water partition coefficient (Wildman–Crippen LogP) is 6.92. The minimum atomic E-state index is 1.03.